The summed E-state index contributed by atoms with van der Waals surface area (Å²) in [4.78, 5) is 27.6. The van der Waals surface area contributed by atoms with Crippen molar-refractivity contribution in [1.82, 2.24) is 29.9 Å². The number of rotatable bonds is 4. The number of aromatic nitrogens is 5. The van der Waals surface area contributed by atoms with Gasteiger partial charge in [0, 0.05) is 12.1 Å². The fraction of sp³-hybridized carbons (Fsp3) is 0.462. The van der Waals surface area contributed by atoms with Crippen LogP contribution >= 0.6 is 0 Å². The standard InChI is InChI=1S/C13H16N6O2/c20-12(16-10-3-1-2-4-10)7-18-13(21)6-5-11(17-18)19-9-14-8-15-19/h5-6,8-10H,1-4,7H2,(H,16,20). The van der Waals surface area contributed by atoms with Gasteiger partial charge in [-0.05, 0) is 18.9 Å². The number of hydrogen-bond acceptors (Lipinski definition) is 5. The average Bonchev–Trinajstić information content (AvgIpc) is 3.14. The summed E-state index contributed by atoms with van der Waals surface area (Å²) in [5, 5.41) is 11.0. The van der Waals surface area contributed by atoms with Gasteiger partial charge in [-0.3, -0.25) is 9.59 Å². The average molecular weight is 288 g/mol. The quantitative estimate of drug-likeness (QED) is 0.846. The van der Waals surface area contributed by atoms with E-state index in [1.165, 1.54) is 23.4 Å². The van der Waals surface area contributed by atoms with Crippen LogP contribution in [0.1, 0.15) is 25.7 Å². The van der Waals surface area contributed by atoms with E-state index in [2.05, 4.69) is 20.5 Å². The monoisotopic (exact) mass is 288 g/mol. The number of hydrogen-bond donors (Lipinski definition) is 1. The third-order valence-electron chi connectivity index (χ3n) is 3.52. The first-order chi connectivity index (χ1) is 10.2. The molecule has 0 saturated heterocycles. The van der Waals surface area contributed by atoms with Gasteiger partial charge in [0.2, 0.25) is 5.91 Å². The molecule has 0 radical (unpaired) electrons. The van der Waals surface area contributed by atoms with Gasteiger partial charge in [-0.25, -0.2) is 14.3 Å². The van der Waals surface area contributed by atoms with E-state index in [4.69, 9.17) is 0 Å². The normalized spacial score (nSPS) is 15.2. The van der Waals surface area contributed by atoms with E-state index in [1.54, 1.807) is 6.07 Å². The molecule has 8 nitrogen and oxygen atoms in total. The first kappa shape index (κ1) is 13.5. The van der Waals surface area contributed by atoms with Crippen molar-refractivity contribution in [3.8, 4) is 5.82 Å². The van der Waals surface area contributed by atoms with E-state index in [9.17, 15) is 9.59 Å². The van der Waals surface area contributed by atoms with E-state index in [1.807, 2.05) is 0 Å². The van der Waals surface area contributed by atoms with Crippen LogP contribution in [0.15, 0.2) is 29.6 Å². The summed E-state index contributed by atoms with van der Waals surface area (Å²) in [6.45, 7) is -0.0854. The molecule has 1 fully saturated rings. The Hall–Kier alpha value is -2.51. The smallest absolute Gasteiger partial charge is 0.267 e. The largest absolute Gasteiger partial charge is 0.352 e. The second-order valence-electron chi connectivity index (χ2n) is 5.08. The van der Waals surface area contributed by atoms with Gasteiger partial charge >= 0.3 is 0 Å². The maximum Gasteiger partial charge on any atom is 0.267 e. The molecular formula is C13H16N6O2. The first-order valence-electron chi connectivity index (χ1n) is 6.95. The van der Waals surface area contributed by atoms with E-state index in [-0.39, 0.29) is 24.1 Å². The lowest BCUT2D eigenvalue weighted by Crippen LogP contribution is -2.38. The van der Waals surface area contributed by atoms with E-state index >= 15 is 0 Å². The lowest BCUT2D eigenvalue weighted by molar-refractivity contribution is -0.122. The van der Waals surface area contributed by atoms with Crippen LogP contribution in [0.5, 0.6) is 0 Å². The summed E-state index contributed by atoms with van der Waals surface area (Å²) in [5.41, 5.74) is -0.319. The van der Waals surface area contributed by atoms with Gasteiger partial charge in [0.25, 0.3) is 5.56 Å². The topological polar surface area (TPSA) is 94.7 Å². The highest BCUT2D eigenvalue weighted by atomic mass is 16.2. The van der Waals surface area contributed by atoms with Crippen LogP contribution in [0.2, 0.25) is 0 Å². The van der Waals surface area contributed by atoms with Crippen molar-refractivity contribution in [3.05, 3.63) is 35.1 Å². The van der Waals surface area contributed by atoms with Crippen molar-refractivity contribution in [3.63, 3.8) is 0 Å². The van der Waals surface area contributed by atoms with Crippen LogP contribution in [-0.2, 0) is 11.3 Å². The minimum Gasteiger partial charge on any atom is -0.352 e. The number of carbonyl (C=O) groups is 1. The fourth-order valence-corrected chi connectivity index (χ4v) is 2.48. The lowest BCUT2D eigenvalue weighted by Gasteiger charge is -2.12. The summed E-state index contributed by atoms with van der Waals surface area (Å²) in [6.07, 6.45) is 7.16. The number of amides is 1. The molecular weight excluding hydrogens is 272 g/mol. The Morgan fingerprint density at radius 1 is 1.33 bits per heavy atom. The molecule has 0 aliphatic heterocycles. The Labute approximate surface area is 120 Å². The molecule has 3 rings (SSSR count). The van der Waals surface area contributed by atoms with Gasteiger partial charge in [-0.2, -0.15) is 5.10 Å². The summed E-state index contributed by atoms with van der Waals surface area (Å²) in [7, 11) is 0. The predicted octanol–water partition coefficient (Wildman–Crippen LogP) is -0.117. The van der Waals surface area contributed by atoms with Crippen molar-refractivity contribution in [2.24, 2.45) is 0 Å². The van der Waals surface area contributed by atoms with Gasteiger partial charge in [-0.15, -0.1) is 5.10 Å². The molecule has 0 spiro atoms. The zero-order valence-electron chi connectivity index (χ0n) is 11.5. The summed E-state index contributed by atoms with van der Waals surface area (Å²) >= 11 is 0. The maximum absolute atomic E-state index is 12.0. The highest BCUT2D eigenvalue weighted by Gasteiger charge is 2.17. The Kier molecular flexibility index (Phi) is 3.76. The van der Waals surface area contributed by atoms with Crippen LogP contribution < -0.4 is 10.9 Å². The molecule has 1 aliphatic rings. The molecule has 1 amide bonds. The Morgan fingerprint density at radius 3 is 2.86 bits per heavy atom. The summed E-state index contributed by atoms with van der Waals surface area (Å²) in [6, 6.07) is 3.14. The third kappa shape index (κ3) is 3.15. The van der Waals surface area contributed by atoms with E-state index < -0.39 is 0 Å². The van der Waals surface area contributed by atoms with Crippen molar-refractivity contribution in [2.75, 3.05) is 0 Å². The molecule has 110 valence electrons. The van der Waals surface area contributed by atoms with Crippen LogP contribution in [0, 0.1) is 0 Å². The van der Waals surface area contributed by atoms with E-state index in [0.29, 0.717) is 5.82 Å². The highest BCUT2D eigenvalue weighted by molar-refractivity contribution is 5.75. The predicted molar refractivity (Wildman–Crippen MR) is 73.8 cm³/mol. The fourth-order valence-electron chi connectivity index (χ4n) is 2.48. The number of nitrogens with one attached hydrogen (secondary N) is 1. The maximum atomic E-state index is 12.0. The molecule has 21 heavy (non-hydrogen) atoms. The van der Waals surface area contributed by atoms with Crippen LogP contribution in [0.4, 0.5) is 0 Å². The Morgan fingerprint density at radius 2 is 2.14 bits per heavy atom. The van der Waals surface area contributed by atoms with Gasteiger partial charge in [0.05, 0.1) is 0 Å². The zero-order valence-corrected chi connectivity index (χ0v) is 11.5. The molecule has 2 aromatic heterocycles. The van der Waals surface area contributed by atoms with Crippen LogP contribution in [0.25, 0.3) is 5.82 Å². The second kappa shape index (κ2) is 5.86. The van der Waals surface area contributed by atoms with Crippen molar-refractivity contribution in [1.29, 1.82) is 0 Å². The van der Waals surface area contributed by atoms with Gasteiger partial charge < -0.3 is 5.32 Å². The molecule has 2 aromatic rings. The zero-order chi connectivity index (χ0) is 14.7. The molecule has 1 aliphatic carbocycles. The lowest BCUT2D eigenvalue weighted by atomic mass is 10.2. The van der Waals surface area contributed by atoms with Gasteiger partial charge in [0.15, 0.2) is 5.82 Å². The SMILES string of the molecule is O=C(Cn1nc(-n2cncn2)ccc1=O)NC1CCCC1. The molecule has 0 unspecified atom stereocenters. The number of carbonyl (C=O) groups excluding carboxylic acids is 1. The molecule has 0 aromatic carbocycles. The molecule has 8 heteroatoms. The second-order valence-corrected chi connectivity index (χ2v) is 5.08. The van der Waals surface area contributed by atoms with Crippen LogP contribution in [0.3, 0.4) is 0 Å². The Bertz CT molecular complexity index is 672. The van der Waals surface area contributed by atoms with Crippen LogP contribution in [-0.4, -0.2) is 36.5 Å². The summed E-state index contributed by atoms with van der Waals surface area (Å²) in [5.74, 6) is 0.257. The molecule has 2 heterocycles. The van der Waals surface area contributed by atoms with Crippen molar-refractivity contribution in [2.45, 2.75) is 38.3 Å². The number of nitrogens with zero attached hydrogens (tertiary/aromatic N) is 5. The third-order valence-corrected chi connectivity index (χ3v) is 3.52. The molecule has 0 atom stereocenters. The molecule has 1 saturated carbocycles. The van der Waals surface area contributed by atoms with E-state index in [0.717, 1.165) is 30.4 Å². The minimum atomic E-state index is -0.319. The van der Waals surface area contributed by atoms with Gasteiger partial charge in [0.1, 0.15) is 19.2 Å². The first-order valence-corrected chi connectivity index (χ1v) is 6.95. The summed E-state index contributed by atoms with van der Waals surface area (Å²) < 4.78 is 2.58. The van der Waals surface area contributed by atoms with Crippen molar-refractivity contribution < 1.29 is 4.79 Å². The highest BCUT2D eigenvalue weighted by Crippen LogP contribution is 2.17. The van der Waals surface area contributed by atoms with Gasteiger partial charge in [-0.1, -0.05) is 12.8 Å². The molecule has 0 bridgehead atoms. The molecule has 1 N–H and O–H groups in total. The Balaban J connectivity index is 1.73. The minimum absolute atomic E-state index is 0.0854. The van der Waals surface area contributed by atoms with Crippen molar-refractivity contribution >= 4 is 5.91 Å².